The van der Waals surface area contributed by atoms with Crippen LogP contribution in [-0.2, 0) is 0 Å². The highest BCUT2D eigenvalue weighted by molar-refractivity contribution is 4.80. The quantitative estimate of drug-likeness (QED) is 0.345. The van der Waals surface area contributed by atoms with Crippen molar-refractivity contribution in [2.24, 2.45) is 0 Å². The summed E-state index contributed by atoms with van der Waals surface area (Å²) in [6.45, 7) is -0.550. The fourth-order valence-corrected chi connectivity index (χ4v) is 0.943. The standard InChI is InChI=1S/C8H18O5/c1-2-3-5(10)7(12)8(13)6(11)4-9/h5-13H,2-4H2,1H3/t5?,6-,7+,8-/m1/s1/i1D. The summed E-state index contributed by atoms with van der Waals surface area (Å²) in [5.41, 5.74) is 0. The predicted molar refractivity (Wildman–Crippen MR) is 46.0 cm³/mol. The Morgan fingerprint density at radius 2 is 1.62 bits per heavy atom. The van der Waals surface area contributed by atoms with E-state index in [0.29, 0.717) is 6.42 Å². The Morgan fingerprint density at radius 3 is 2.08 bits per heavy atom. The average Bonchev–Trinajstić information content (AvgIpc) is 2.22. The number of rotatable bonds is 6. The van der Waals surface area contributed by atoms with Crippen LogP contribution in [0.4, 0.5) is 0 Å². The molecule has 0 aliphatic rings. The first kappa shape index (κ1) is 10.9. The van der Waals surface area contributed by atoms with E-state index in [4.69, 9.17) is 11.6 Å². The van der Waals surface area contributed by atoms with Gasteiger partial charge in [0.1, 0.15) is 18.3 Å². The molecule has 1 unspecified atom stereocenters. The van der Waals surface area contributed by atoms with E-state index in [9.17, 15) is 15.3 Å². The minimum atomic E-state index is -1.57. The zero-order valence-electron chi connectivity index (χ0n) is 8.37. The van der Waals surface area contributed by atoms with Gasteiger partial charge in [0.2, 0.25) is 0 Å². The van der Waals surface area contributed by atoms with Gasteiger partial charge in [-0.05, 0) is 6.42 Å². The molecule has 0 aliphatic carbocycles. The normalized spacial score (nSPS) is 21.8. The minimum Gasteiger partial charge on any atom is -0.394 e. The Kier molecular flexibility index (Phi) is 5.26. The molecular formula is C8H18O5. The molecule has 5 nitrogen and oxygen atoms in total. The predicted octanol–water partition coefficient (Wildman–Crippen LogP) is -1.78. The molecule has 5 heteroatoms. The molecule has 13 heavy (non-hydrogen) atoms. The Hall–Kier alpha value is -0.200. The summed E-state index contributed by atoms with van der Waals surface area (Å²) in [6, 6.07) is 0. The Bertz CT molecular complexity index is 146. The third-order valence-electron chi connectivity index (χ3n) is 1.83. The highest BCUT2D eigenvalue weighted by Crippen LogP contribution is 2.09. The monoisotopic (exact) mass is 195 g/mol. The molecule has 0 fully saturated rings. The lowest BCUT2D eigenvalue weighted by atomic mass is 10.0. The molecule has 0 aliphatic heterocycles. The van der Waals surface area contributed by atoms with Crippen LogP contribution >= 0.6 is 0 Å². The van der Waals surface area contributed by atoms with Crippen LogP contribution in [0.1, 0.15) is 21.1 Å². The van der Waals surface area contributed by atoms with Gasteiger partial charge in [0, 0.05) is 1.37 Å². The molecule has 0 rings (SSSR count). The van der Waals surface area contributed by atoms with E-state index in [1.54, 1.807) is 0 Å². The molecule has 0 aromatic heterocycles. The SMILES string of the molecule is [2H]CCCC(O)[C@H](O)[C@H](O)[C@H](O)CO. The zero-order chi connectivity index (χ0) is 11.1. The zero-order valence-corrected chi connectivity index (χ0v) is 7.37. The van der Waals surface area contributed by atoms with Crippen LogP contribution in [0, 0.1) is 0 Å². The molecular weight excluding hydrogens is 176 g/mol. The fourth-order valence-electron chi connectivity index (χ4n) is 0.943. The summed E-state index contributed by atoms with van der Waals surface area (Å²) in [4.78, 5) is 0. The average molecular weight is 195 g/mol. The van der Waals surface area contributed by atoms with Gasteiger partial charge in [-0.15, -0.1) is 0 Å². The van der Waals surface area contributed by atoms with Crippen molar-refractivity contribution in [2.45, 2.75) is 44.2 Å². The summed E-state index contributed by atoms with van der Waals surface area (Å²) in [7, 11) is 0. The van der Waals surface area contributed by atoms with E-state index < -0.39 is 31.0 Å². The van der Waals surface area contributed by atoms with E-state index in [1.807, 2.05) is 0 Å². The third-order valence-corrected chi connectivity index (χ3v) is 1.83. The smallest absolute Gasteiger partial charge is 0.110 e. The van der Waals surface area contributed by atoms with Gasteiger partial charge in [-0.25, -0.2) is 0 Å². The maximum Gasteiger partial charge on any atom is 0.110 e. The second-order valence-corrected chi connectivity index (χ2v) is 2.94. The highest BCUT2D eigenvalue weighted by atomic mass is 16.4. The van der Waals surface area contributed by atoms with E-state index in [1.165, 1.54) is 0 Å². The van der Waals surface area contributed by atoms with Gasteiger partial charge >= 0.3 is 0 Å². The fraction of sp³-hybridized carbons (Fsp3) is 1.00. The first-order valence-corrected chi connectivity index (χ1v) is 4.17. The lowest BCUT2D eigenvalue weighted by Gasteiger charge is -2.25. The molecule has 0 aromatic rings. The van der Waals surface area contributed by atoms with Gasteiger partial charge in [0.05, 0.1) is 12.7 Å². The first-order valence-electron chi connectivity index (χ1n) is 4.87. The van der Waals surface area contributed by atoms with E-state index in [0.717, 1.165) is 0 Å². The van der Waals surface area contributed by atoms with Gasteiger partial charge in [-0.2, -0.15) is 0 Å². The van der Waals surface area contributed by atoms with Crippen LogP contribution in [-0.4, -0.2) is 56.6 Å². The maximum atomic E-state index is 9.28. The van der Waals surface area contributed by atoms with Gasteiger partial charge in [0.25, 0.3) is 0 Å². The van der Waals surface area contributed by atoms with Crippen molar-refractivity contribution >= 4 is 0 Å². The number of aliphatic hydroxyl groups excluding tert-OH is 5. The van der Waals surface area contributed by atoms with Gasteiger partial charge in [0.15, 0.2) is 0 Å². The molecule has 0 heterocycles. The Labute approximate surface area is 78.7 Å². The van der Waals surface area contributed by atoms with Crippen molar-refractivity contribution in [3.05, 3.63) is 0 Å². The van der Waals surface area contributed by atoms with Crippen LogP contribution in [0.25, 0.3) is 0 Å². The van der Waals surface area contributed by atoms with E-state index in [2.05, 4.69) is 0 Å². The van der Waals surface area contributed by atoms with Crippen molar-refractivity contribution in [1.29, 1.82) is 0 Å². The molecule has 0 spiro atoms. The molecule has 0 amide bonds. The van der Waals surface area contributed by atoms with Crippen LogP contribution in [0.3, 0.4) is 0 Å². The van der Waals surface area contributed by atoms with Gasteiger partial charge in [-0.3, -0.25) is 0 Å². The summed E-state index contributed by atoms with van der Waals surface area (Å²) in [5.74, 6) is 0. The number of hydrogen-bond acceptors (Lipinski definition) is 5. The van der Waals surface area contributed by atoms with Crippen molar-refractivity contribution in [3.63, 3.8) is 0 Å². The van der Waals surface area contributed by atoms with E-state index >= 15 is 0 Å². The topological polar surface area (TPSA) is 101 Å². The molecule has 0 aromatic carbocycles. The van der Waals surface area contributed by atoms with Crippen LogP contribution in [0.2, 0.25) is 0 Å². The molecule has 80 valence electrons. The van der Waals surface area contributed by atoms with Crippen molar-refractivity contribution in [3.8, 4) is 0 Å². The third kappa shape index (κ3) is 4.02. The summed E-state index contributed by atoms with van der Waals surface area (Å²) < 4.78 is 6.82. The molecule has 0 bridgehead atoms. The number of hydrogen-bond donors (Lipinski definition) is 5. The van der Waals surface area contributed by atoms with Crippen molar-refractivity contribution in [1.82, 2.24) is 0 Å². The molecule has 5 N–H and O–H groups in total. The Morgan fingerprint density at radius 1 is 1.08 bits per heavy atom. The van der Waals surface area contributed by atoms with Gasteiger partial charge in [-0.1, -0.05) is 13.3 Å². The summed E-state index contributed by atoms with van der Waals surface area (Å²) in [5, 5.41) is 45.2. The molecule has 0 saturated carbocycles. The van der Waals surface area contributed by atoms with Crippen LogP contribution in [0.15, 0.2) is 0 Å². The van der Waals surface area contributed by atoms with E-state index in [-0.39, 0.29) is 13.3 Å². The number of aliphatic hydroxyl groups is 5. The summed E-state index contributed by atoms with van der Waals surface area (Å²) in [6.07, 6.45) is -5.13. The largest absolute Gasteiger partial charge is 0.394 e. The van der Waals surface area contributed by atoms with Crippen LogP contribution < -0.4 is 0 Å². The maximum absolute atomic E-state index is 9.28. The molecule has 0 saturated heterocycles. The van der Waals surface area contributed by atoms with Gasteiger partial charge < -0.3 is 25.5 Å². The second kappa shape index (κ2) is 6.28. The Balaban J connectivity index is 3.95. The highest BCUT2D eigenvalue weighted by Gasteiger charge is 2.29. The molecule has 0 radical (unpaired) electrons. The van der Waals surface area contributed by atoms with Crippen molar-refractivity contribution < 1.29 is 26.9 Å². The molecule has 4 atom stereocenters. The second-order valence-electron chi connectivity index (χ2n) is 2.94. The van der Waals surface area contributed by atoms with Crippen LogP contribution in [0.5, 0.6) is 0 Å². The lowest BCUT2D eigenvalue weighted by Crippen LogP contribution is -2.45. The summed E-state index contributed by atoms with van der Waals surface area (Å²) >= 11 is 0. The first-order chi connectivity index (χ1) is 6.54. The lowest BCUT2D eigenvalue weighted by molar-refractivity contribution is -0.116. The van der Waals surface area contributed by atoms with Crippen molar-refractivity contribution in [2.75, 3.05) is 6.61 Å². The minimum absolute atomic E-state index is 0.127.